The van der Waals surface area contributed by atoms with Gasteiger partial charge in [-0.2, -0.15) is 0 Å². The maximum absolute atomic E-state index is 12.9. The Balaban J connectivity index is 3.17. The summed E-state index contributed by atoms with van der Waals surface area (Å²) in [4.78, 5) is -0.403. The van der Waals surface area contributed by atoms with E-state index in [1.165, 1.54) is 12.1 Å². The number of aryl methyl sites for hydroxylation is 1. The molecule has 0 saturated heterocycles. The van der Waals surface area contributed by atoms with Crippen LogP contribution in [0.3, 0.4) is 0 Å². The highest BCUT2D eigenvalue weighted by Crippen LogP contribution is 2.22. The number of hydrogen-bond donors (Lipinski definition) is 0. The molecule has 90 valence electrons. The van der Waals surface area contributed by atoms with Gasteiger partial charge in [-0.15, -0.1) is 0 Å². The number of benzene rings is 1. The molecule has 16 heavy (non-hydrogen) atoms. The molecule has 6 heteroatoms. The van der Waals surface area contributed by atoms with E-state index in [-0.39, 0.29) is 0 Å². The highest BCUT2D eigenvalue weighted by atomic mass is 32.2. The second-order valence-electron chi connectivity index (χ2n) is 3.23. The monoisotopic (exact) mass is 252 g/mol. The molecule has 1 aromatic carbocycles. The fraction of sp³-hybridized carbons (Fsp3) is 0.400. The first-order valence-corrected chi connectivity index (χ1v) is 6.19. The first-order chi connectivity index (χ1) is 7.39. The van der Waals surface area contributed by atoms with Gasteiger partial charge in [-0.1, -0.05) is 19.1 Å². The predicted molar refractivity (Wildman–Crippen MR) is 53.9 cm³/mol. The van der Waals surface area contributed by atoms with Crippen LogP contribution in [0.4, 0.5) is 13.2 Å². The Labute approximate surface area is 92.0 Å². The molecular weight excluding hydrogens is 241 g/mol. The molecule has 0 aliphatic heterocycles. The van der Waals surface area contributed by atoms with Crippen molar-refractivity contribution >= 4 is 9.84 Å². The molecule has 1 rings (SSSR count). The molecule has 1 atom stereocenters. The van der Waals surface area contributed by atoms with Gasteiger partial charge in [0.1, 0.15) is 0 Å². The normalized spacial score (nSPS) is 14.1. The summed E-state index contributed by atoms with van der Waals surface area (Å²) in [6.07, 6.45) is -2.98. The van der Waals surface area contributed by atoms with Crippen molar-refractivity contribution in [2.24, 2.45) is 0 Å². The molecule has 0 amide bonds. The van der Waals surface area contributed by atoms with Crippen molar-refractivity contribution in [2.45, 2.75) is 30.2 Å². The standard InChI is InChI=1S/C10H11F3O2S/c1-2-7-4-3-5-8(6-7)16(14,15)10(13)9(11)12/h3-6,9-10H,2H2,1H3. The molecule has 1 unspecified atom stereocenters. The molecule has 0 fully saturated rings. The summed E-state index contributed by atoms with van der Waals surface area (Å²) in [5, 5.41) is 0. The summed E-state index contributed by atoms with van der Waals surface area (Å²) >= 11 is 0. The zero-order valence-electron chi connectivity index (χ0n) is 8.53. The van der Waals surface area contributed by atoms with Crippen molar-refractivity contribution < 1.29 is 21.6 Å². The molecule has 0 radical (unpaired) electrons. The van der Waals surface area contributed by atoms with Crippen LogP contribution in [0.1, 0.15) is 12.5 Å². The van der Waals surface area contributed by atoms with E-state index in [0.717, 1.165) is 6.07 Å². The molecule has 0 aliphatic rings. The van der Waals surface area contributed by atoms with Gasteiger partial charge >= 0.3 is 0 Å². The van der Waals surface area contributed by atoms with Gasteiger partial charge in [-0.05, 0) is 24.1 Å². The van der Waals surface area contributed by atoms with Crippen molar-refractivity contribution in [2.75, 3.05) is 0 Å². The molecular formula is C10H11F3O2S. The maximum Gasteiger partial charge on any atom is 0.284 e. The maximum atomic E-state index is 12.9. The van der Waals surface area contributed by atoms with E-state index < -0.39 is 26.7 Å². The van der Waals surface area contributed by atoms with Gasteiger partial charge in [0.05, 0.1) is 4.90 Å². The number of hydrogen-bond acceptors (Lipinski definition) is 2. The van der Waals surface area contributed by atoms with E-state index in [1.54, 1.807) is 13.0 Å². The summed E-state index contributed by atoms with van der Waals surface area (Å²) in [6, 6.07) is 5.38. The van der Waals surface area contributed by atoms with Crippen LogP contribution < -0.4 is 0 Å². The highest BCUT2D eigenvalue weighted by molar-refractivity contribution is 7.92. The largest absolute Gasteiger partial charge is 0.284 e. The average Bonchev–Trinajstić information content (AvgIpc) is 2.27. The van der Waals surface area contributed by atoms with Gasteiger partial charge in [-0.25, -0.2) is 21.6 Å². The van der Waals surface area contributed by atoms with Gasteiger partial charge in [0.25, 0.3) is 11.9 Å². The summed E-state index contributed by atoms with van der Waals surface area (Å²) in [7, 11) is -4.59. The van der Waals surface area contributed by atoms with Crippen molar-refractivity contribution in [1.29, 1.82) is 0 Å². The Bertz CT molecular complexity index is 457. The van der Waals surface area contributed by atoms with E-state index in [1.807, 2.05) is 0 Å². The lowest BCUT2D eigenvalue weighted by atomic mass is 10.2. The van der Waals surface area contributed by atoms with E-state index >= 15 is 0 Å². The Morgan fingerprint density at radius 2 is 1.88 bits per heavy atom. The van der Waals surface area contributed by atoms with E-state index in [9.17, 15) is 21.6 Å². The zero-order valence-corrected chi connectivity index (χ0v) is 9.35. The fourth-order valence-electron chi connectivity index (χ4n) is 1.21. The third-order valence-electron chi connectivity index (χ3n) is 2.13. The smallest absolute Gasteiger partial charge is 0.223 e. The number of halogens is 3. The first-order valence-electron chi connectivity index (χ1n) is 4.64. The minimum absolute atomic E-state index is 0.403. The van der Waals surface area contributed by atoms with Crippen molar-refractivity contribution in [3.63, 3.8) is 0 Å². The third-order valence-corrected chi connectivity index (χ3v) is 3.84. The molecule has 1 aromatic rings. The van der Waals surface area contributed by atoms with Crippen LogP contribution >= 0.6 is 0 Å². The Kier molecular flexibility index (Phi) is 3.96. The van der Waals surface area contributed by atoms with Crippen LogP contribution in [0, 0.1) is 0 Å². The predicted octanol–water partition coefficient (Wildman–Crippen LogP) is 2.58. The summed E-state index contributed by atoms with van der Waals surface area (Å²) in [5.41, 5.74) is -2.51. The van der Waals surface area contributed by atoms with Crippen LogP contribution in [-0.4, -0.2) is 20.3 Å². The average molecular weight is 252 g/mol. The van der Waals surface area contributed by atoms with E-state index in [0.29, 0.717) is 12.0 Å². The summed E-state index contributed by atoms with van der Waals surface area (Å²) in [5.74, 6) is 0. The van der Waals surface area contributed by atoms with Crippen LogP contribution in [0.5, 0.6) is 0 Å². The Hall–Kier alpha value is -1.04. The second kappa shape index (κ2) is 4.86. The highest BCUT2D eigenvalue weighted by Gasteiger charge is 2.35. The minimum Gasteiger partial charge on any atom is -0.223 e. The summed E-state index contributed by atoms with van der Waals surface area (Å²) in [6.45, 7) is 1.78. The van der Waals surface area contributed by atoms with Crippen molar-refractivity contribution in [1.82, 2.24) is 0 Å². The molecule has 2 nitrogen and oxygen atoms in total. The first kappa shape index (κ1) is 13.0. The quantitative estimate of drug-likeness (QED) is 0.825. The number of alkyl halides is 3. The van der Waals surface area contributed by atoms with Gasteiger partial charge in [0.15, 0.2) is 0 Å². The van der Waals surface area contributed by atoms with Gasteiger partial charge < -0.3 is 0 Å². The number of sulfone groups is 1. The van der Waals surface area contributed by atoms with E-state index in [4.69, 9.17) is 0 Å². The van der Waals surface area contributed by atoms with Crippen LogP contribution in [0.2, 0.25) is 0 Å². The molecule has 0 aromatic heterocycles. The van der Waals surface area contributed by atoms with Crippen LogP contribution in [0.25, 0.3) is 0 Å². The van der Waals surface area contributed by atoms with Crippen LogP contribution in [0.15, 0.2) is 29.2 Å². The lowest BCUT2D eigenvalue weighted by Crippen LogP contribution is -2.24. The third kappa shape index (κ3) is 2.55. The molecule has 0 spiro atoms. The summed E-state index contributed by atoms with van der Waals surface area (Å²) < 4.78 is 59.7. The van der Waals surface area contributed by atoms with E-state index in [2.05, 4.69) is 0 Å². The van der Waals surface area contributed by atoms with Gasteiger partial charge in [0, 0.05) is 0 Å². The molecule has 0 aliphatic carbocycles. The van der Waals surface area contributed by atoms with Crippen molar-refractivity contribution in [3.05, 3.63) is 29.8 Å². The minimum atomic E-state index is -4.59. The lowest BCUT2D eigenvalue weighted by Gasteiger charge is -2.09. The molecule has 0 heterocycles. The molecule has 0 bridgehead atoms. The molecule has 0 N–H and O–H groups in total. The van der Waals surface area contributed by atoms with Crippen LogP contribution in [-0.2, 0) is 16.3 Å². The Morgan fingerprint density at radius 3 is 2.38 bits per heavy atom. The van der Waals surface area contributed by atoms with Crippen molar-refractivity contribution in [3.8, 4) is 0 Å². The lowest BCUT2D eigenvalue weighted by molar-refractivity contribution is 0.0902. The second-order valence-corrected chi connectivity index (χ2v) is 5.24. The Morgan fingerprint density at radius 1 is 1.25 bits per heavy atom. The topological polar surface area (TPSA) is 34.1 Å². The van der Waals surface area contributed by atoms with Gasteiger partial charge in [0.2, 0.25) is 9.84 Å². The fourth-order valence-corrected chi connectivity index (χ4v) is 2.32. The molecule has 0 saturated carbocycles. The van der Waals surface area contributed by atoms with Gasteiger partial charge in [-0.3, -0.25) is 0 Å². The number of rotatable bonds is 4. The zero-order chi connectivity index (χ0) is 12.3. The SMILES string of the molecule is CCc1cccc(S(=O)(=O)C(F)C(F)F)c1.